The van der Waals surface area contributed by atoms with Crippen LogP contribution in [0.25, 0.3) is 0 Å². The molecule has 19 heavy (non-hydrogen) atoms. The largest absolute Gasteiger partial charge is 0.495 e. The molecule has 0 aliphatic rings. The second kappa shape index (κ2) is 5.98. The summed E-state index contributed by atoms with van der Waals surface area (Å²) in [6.45, 7) is 0. The molecular formula is C13H14O3S3. The highest BCUT2D eigenvalue weighted by Gasteiger charge is 2.14. The van der Waals surface area contributed by atoms with Gasteiger partial charge >= 0.3 is 0 Å². The maximum Gasteiger partial charge on any atom is 0.179 e. The van der Waals surface area contributed by atoms with E-state index in [1.54, 1.807) is 35.2 Å². The normalized spacial score (nSPS) is 11.5. The summed E-state index contributed by atoms with van der Waals surface area (Å²) in [6.07, 6.45) is 1.19. The van der Waals surface area contributed by atoms with Gasteiger partial charge in [-0.3, -0.25) is 0 Å². The molecule has 0 bridgehead atoms. The van der Waals surface area contributed by atoms with Crippen LogP contribution in [0, 0.1) is 0 Å². The number of benzene rings is 1. The first-order chi connectivity index (χ1) is 9.00. The van der Waals surface area contributed by atoms with Crippen molar-refractivity contribution in [1.29, 1.82) is 0 Å². The summed E-state index contributed by atoms with van der Waals surface area (Å²) >= 11 is 3.42. The molecule has 2 rings (SSSR count). The Balaban J connectivity index is 2.20. The molecule has 1 heterocycles. The van der Waals surface area contributed by atoms with E-state index in [0.717, 1.165) is 11.3 Å². The third kappa shape index (κ3) is 3.75. The predicted molar refractivity (Wildman–Crippen MR) is 80.0 cm³/mol. The van der Waals surface area contributed by atoms with Gasteiger partial charge < -0.3 is 4.74 Å². The molecule has 3 nitrogen and oxygen atoms in total. The standard InChI is InChI=1S/C13H14O3S3/c1-16-11-8-10(5-6-12(11)19(2,14)15)9-18-13-4-3-7-17-13/h3-8H,9H2,1-2H3. The SMILES string of the molecule is COc1cc(CSc2cccs2)ccc1S(C)(=O)=O. The van der Waals surface area contributed by atoms with Crippen molar-refractivity contribution in [3.63, 3.8) is 0 Å². The van der Waals surface area contributed by atoms with Gasteiger partial charge in [0, 0.05) is 12.0 Å². The van der Waals surface area contributed by atoms with Gasteiger partial charge in [-0.25, -0.2) is 8.42 Å². The average molecular weight is 314 g/mol. The number of methoxy groups -OCH3 is 1. The lowest BCUT2D eigenvalue weighted by molar-refractivity contribution is 0.402. The lowest BCUT2D eigenvalue weighted by Gasteiger charge is -2.09. The molecule has 102 valence electrons. The van der Waals surface area contributed by atoms with Crippen molar-refractivity contribution in [3.05, 3.63) is 41.3 Å². The summed E-state index contributed by atoms with van der Waals surface area (Å²) in [5, 5.41) is 2.04. The first-order valence-electron chi connectivity index (χ1n) is 5.54. The molecule has 6 heteroatoms. The number of ether oxygens (including phenoxy) is 1. The van der Waals surface area contributed by atoms with Crippen LogP contribution in [0.2, 0.25) is 0 Å². The minimum Gasteiger partial charge on any atom is -0.495 e. The summed E-state index contributed by atoms with van der Waals surface area (Å²) in [5.74, 6) is 1.20. The second-order valence-corrected chi connectivity index (χ2v) is 8.19. The van der Waals surface area contributed by atoms with E-state index in [1.807, 2.05) is 17.5 Å². The Bertz CT molecular complexity index is 646. The van der Waals surface area contributed by atoms with E-state index in [-0.39, 0.29) is 4.90 Å². The van der Waals surface area contributed by atoms with E-state index in [1.165, 1.54) is 17.6 Å². The minimum atomic E-state index is -3.25. The Hall–Kier alpha value is -0.980. The molecule has 0 radical (unpaired) electrons. The van der Waals surface area contributed by atoms with E-state index >= 15 is 0 Å². The van der Waals surface area contributed by atoms with Gasteiger partial charge in [0.25, 0.3) is 0 Å². The van der Waals surface area contributed by atoms with E-state index < -0.39 is 9.84 Å². The highest BCUT2D eigenvalue weighted by molar-refractivity contribution is 8.00. The van der Waals surface area contributed by atoms with Crippen molar-refractivity contribution in [2.75, 3.05) is 13.4 Å². The molecule has 0 saturated carbocycles. The van der Waals surface area contributed by atoms with Gasteiger partial charge in [-0.1, -0.05) is 12.1 Å². The zero-order valence-electron chi connectivity index (χ0n) is 10.6. The van der Waals surface area contributed by atoms with Crippen LogP contribution in [-0.4, -0.2) is 21.8 Å². The lowest BCUT2D eigenvalue weighted by Crippen LogP contribution is -2.01. The van der Waals surface area contributed by atoms with E-state index in [9.17, 15) is 8.42 Å². The maximum absolute atomic E-state index is 11.6. The van der Waals surface area contributed by atoms with Crippen molar-refractivity contribution in [3.8, 4) is 5.75 Å². The molecular weight excluding hydrogens is 300 g/mol. The molecule has 1 aromatic carbocycles. The summed E-state index contributed by atoms with van der Waals surface area (Å²) in [5.41, 5.74) is 1.04. The van der Waals surface area contributed by atoms with Gasteiger partial charge in [-0.05, 0) is 29.1 Å². The number of rotatable bonds is 5. The third-order valence-electron chi connectivity index (χ3n) is 2.50. The van der Waals surface area contributed by atoms with E-state index in [4.69, 9.17) is 4.74 Å². The average Bonchev–Trinajstić information content (AvgIpc) is 2.88. The molecule has 0 saturated heterocycles. The van der Waals surface area contributed by atoms with Crippen molar-refractivity contribution < 1.29 is 13.2 Å². The first kappa shape index (κ1) is 14.4. The molecule has 0 aliphatic heterocycles. The van der Waals surface area contributed by atoms with Crippen molar-refractivity contribution in [2.24, 2.45) is 0 Å². The van der Waals surface area contributed by atoms with Crippen LogP contribution in [0.15, 0.2) is 44.8 Å². The van der Waals surface area contributed by atoms with E-state index in [2.05, 4.69) is 6.07 Å². The van der Waals surface area contributed by atoms with Gasteiger partial charge in [0.15, 0.2) is 9.84 Å². The zero-order chi connectivity index (χ0) is 13.9. The van der Waals surface area contributed by atoms with Crippen molar-refractivity contribution >= 4 is 32.9 Å². The number of sulfone groups is 1. The number of hydrogen-bond donors (Lipinski definition) is 0. The molecule has 0 amide bonds. The van der Waals surface area contributed by atoms with Crippen LogP contribution in [0.4, 0.5) is 0 Å². The van der Waals surface area contributed by atoms with Gasteiger partial charge in [-0.2, -0.15) is 0 Å². The Morgan fingerprint density at radius 3 is 2.68 bits per heavy atom. The van der Waals surface area contributed by atoms with Crippen LogP contribution in [0.3, 0.4) is 0 Å². The zero-order valence-corrected chi connectivity index (χ0v) is 13.1. The van der Waals surface area contributed by atoms with Gasteiger partial charge in [0.2, 0.25) is 0 Å². The molecule has 0 fully saturated rings. The summed E-state index contributed by atoms with van der Waals surface area (Å²) in [6, 6.07) is 9.31. The number of thiophene rings is 1. The Morgan fingerprint density at radius 1 is 1.32 bits per heavy atom. The smallest absolute Gasteiger partial charge is 0.179 e. The number of hydrogen-bond acceptors (Lipinski definition) is 5. The quantitative estimate of drug-likeness (QED) is 0.793. The van der Waals surface area contributed by atoms with Gasteiger partial charge in [0.05, 0.1) is 11.3 Å². The Morgan fingerprint density at radius 2 is 2.11 bits per heavy atom. The highest BCUT2D eigenvalue weighted by atomic mass is 32.2. The molecule has 2 aromatic rings. The predicted octanol–water partition coefficient (Wildman–Crippen LogP) is 3.45. The van der Waals surface area contributed by atoms with Crippen LogP contribution >= 0.6 is 23.1 Å². The molecule has 0 unspecified atom stereocenters. The fourth-order valence-electron chi connectivity index (χ4n) is 1.61. The highest BCUT2D eigenvalue weighted by Crippen LogP contribution is 2.30. The van der Waals surface area contributed by atoms with Gasteiger partial charge in [-0.15, -0.1) is 23.1 Å². The summed E-state index contributed by atoms with van der Waals surface area (Å²) in [4.78, 5) is 0.236. The molecule has 0 N–H and O–H groups in total. The summed E-state index contributed by atoms with van der Waals surface area (Å²) in [7, 11) is -1.76. The first-order valence-corrected chi connectivity index (χ1v) is 9.29. The maximum atomic E-state index is 11.6. The van der Waals surface area contributed by atoms with Crippen LogP contribution in [-0.2, 0) is 15.6 Å². The second-order valence-electron chi connectivity index (χ2n) is 3.98. The van der Waals surface area contributed by atoms with E-state index in [0.29, 0.717) is 5.75 Å². The van der Waals surface area contributed by atoms with Crippen LogP contribution < -0.4 is 4.74 Å². The fraction of sp³-hybridized carbons (Fsp3) is 0.231. The third-order valence-corrected chi connectivity index (χ3v) is 5.84. The van der Waals surface area contributed by atoms with Gasteiger partial charge in [0.1, 0.15) is 10.6 Å². The van der Waals surface area contributed by atoms with Crippen molar-refractivity contribution in [1.82, 2.24) is 0 Å². The molecule has 0 spiro atoms. The lowest BCUT2D eigenvalue weighted by atomic mass is 10.2. The number of thioether (sulfide) groups is 1. The Labute approximate surface area is 121 Å². The topological polar surface area (TPSA) is 43.4 Å². The molecule has 1 aromatic heterocycles. The fourth-order valence-corrected chi connectivity index (χ4v) is 4.16. The Kier molecular flexibility index (Phi) is 4.54. The van der Waals surface area contributed by atoms with Crippen molar-refractivity contribution in [2.45, 2.75) is 14.9 Å². The van der Waals surface area contributed by atoms with Crippen LogP contribution in [0.5, 0.6) is 5.75 Å². The minimum absolute atomic E-state index is 0.236. The monoisotopic (exact) mass is 314 g/mol. The molecule has 0 aliphatic carbocycles. The molecule has 0 atom stereocenters. The summed E-state index contributed by atoms with van der Waals surface area (Å²) < 4.78 is 29.6. The van der Waals surface area contributed by atoms with Crippen LogP contribution in [0.1, 0.15) is 5.56 Å².